The van der Waals surface area contributed by atoms with Crippen LogP contribution in [0.15, 0.2) is 24.3 Å². The minimum Gasteiger partial charge on any atom is -0.481 e. The summed E-state index contributed by atoms with van der Waals surface area (Å²) >= 11 is 0. The van der Waals surface area contributed by atoms with Crippen molar-refractivity contribution in [3.05, 3.63) is 35.4 Å². The fourth-order valence-corrected chi connectivity index (χ4v) is 1.17. The molecule has 7 nitrogen and oxygen atoms in total. The van der Waals surface area contributed by atoms with Gasteiger partial charge >= 0.3 is 11.9 Å². The smallest absolute Gasteiger partial charge is 0.322 e. The quantitative estimate of drug-likeness (QED) is 0.763. The predicted octanol–water partition coefficient (Wildman–Crippen LogP) is 2.27. The summed E-state index contributed by atoms with van der Waals surface area (Å²) in [5.74, 6) is -2.28. The molecule has 0 bridgehead atoms. The Hall–Kier alpha value is -2.88. The summed E-state index contributed by atoms with van der Waals surface area (Å²) in [7, 11) is 0. The molecule has 7 heteroatoms. The number of carbonyl (C=O) groups excluding carboxylic acids is 1. The molecule has 0 fully saturated rings. The molecule has 0 atom stereocenters. The number of hydrogen-bond donors (Lipinski definition) is 3. The standard InChI is InChI=1S/C10H8N2O3.C4H8O2.C2H6/c11-5-7-1-3-8(4-2-7)10(15)12-6-9(13)14;1-2-3-4(5)6;1-2/h1-4H,6H2,(H,12,15)(H,13,14);2-3H2,1H3,(H,5,6);1-2H3. The molecule has 0 aliphatic rings. The number of carboxylic acid groups (broad SMARTS) is 2. The van der Waals surface area contributed by atoms with E-state index in [-0.39, 0.29) is 0 Å². The number of benzene rings is 1. The van der Waals surface area contributed by atoms with Crippen LogP contribution in [0.2, 0.25) is 0 Å². The summed E-state index contributed by atoms with van der Waals surface area (Å²) in [5.41, 5.74) is 0.778. The van der Waals surface area contributed by atoms with E-state index in [1.165, 1.54) is 24.3 Å². The highest BCUT2D eigenvalue weighted by Crippen LogP contribution is 2.02. The van der Waals surface area contributed by atoms with Gasteiger partial charge in [0.1, 0.15) is 6.54 Å². The van der Waals surface area contributed by atoms with Gasteiger partial charge in [0.25, 0.3) is 5.91 Å². The van der Waals surface area contributed by atoms with E-state index >= 15 is 0 Å². The van der Waals surface area contributed by atoms with Gasteiger partial charge in [-0.2, -0.15) is 5.26 Å². The maximum Gasteiger partial charge on any atom is 0.322 e. The van der Waals surface area contributed by atoms with Crippen LogP contribution >= 0.6 is 0 Å². The van der Waals surface area contributed by atoms with Crippen LogP contribution in [0, 0.1) is 11.3 Å². The first-order valence-electron chi connectivity index (χ1n) is 7.12. The third-order valence-corrected chi connectivity index (χ3v) is 2.14. The molecule has 0 radical (unpaired) electrons. The van der Waals surface area contributed by atoms with E-state index in [2.05, 4.69) is 5.32 Å². The minimum absolute atomic E-state index is 0.292. The molecule has 0 aliphatic heterocycles. The van der Waals surface area contributed by atoms with Crippen LogP contribution in [0.4, 0.5) is 0 Å². The SMILES string of the molecule is CC.CCCC(=O)O.N#Cc1ccc(C(=O)NCC(=O)O)cc1. The average molecular weight is 322 g/mol. The number of nitrogens with one attached hydrogen (secondary N) is 1. The number of carbonyl (C=O) groups is 3. The molecule has 1 aromatic rings. The van der Waals surface area contributed by atoms with Crippen LogP contribution < -0.4 is 5.32 Å². The van der Waals surface area contributed by atoms with Crippen LogP contribution in [0.25, 0.3) is 0 Å². The zero-order chi connectivity index (χ0) is 18.3. The molecule has 23 heavy (non-hydrogen) atoms. The van der Waals surface area contributed by atoms with E-state index in [0.717, 1.165) is 6.42 Å². The van der Waals surface area contributed by atoms with Gasteiger partial charge in [0, 0.05) is 12.0 Å². The normalized spacial score (nSPS) is 8.26. The summed E-state index contributed by atoms with van der Waals surface area (Å²) in [6, 6.07) is 7.84. The maximum absolute atomic E-state index is 11.3. The molecule has 1 amide bonds. The molecular weight excluding hydrogens is 300 g/mol. The first-order valence-corrected chi connectivity index (χ1v) is 7.12. The number of carboxylic acids is 2. The zero-order valence-electron chi connectivity index (χ0n) is 13.5. The molecule has 0 unspecified atom stereocenters. The van der Waals surface area contributed by atoms with Crippen molar-refractivity contribution in [2.24, 2.45) is 0 Å². The Bertz CT molecular complexity index is 532. The number of aliphatic carboxylic acids is 2. The fraction of sp³-hybridized carbons (Fsp3) is 0.375. The Balaban J connectivity index is 0. The molecule has 0 heterocycles. The molecule has 0 saturated heterocycles. The Kier molecular flexibility index (Phi) is 13.7. The Labute approximate surface area is 135 Å². The van der Waals surface area contributed by atoms with E-state index < -0.39 is 24.4 Å². The van der Waals surface area contributed by atoms with E-state index in [0.29, 0.717) is 17.5 Å². The topological polar surface area (TPSA) is 127 Å². The van der Waals surface area contributed by atoms with Crippen LogP contribution in [-0.2, 0) is 9.59 Å². The molecule has 3 N–H and O–H groups in total. The first kappa shape index (κ1) is 22.4. The lowest BCUT2D eigenvalue weighted by molar-refractivity contribution is -0.137. The molecule has 0 aliphatic carbocycles. The minimum atomic E-state index is -1.10. The highest BCUT2D eigenvalue weighted by molar-refractivity contribution is 5.95. The van der Waals surface area contributed by atoms with Crippen molar-refractivity contribution in [1.82, 2.24) is 5.32 Å². The van der Waals surface area contributed by atoms with E-state index in [1.807, 2.05) is 26.8 Å². The average Bonchev–Trinajstić information content (AvgIpc) is 2.55. The third kappa shape index (κ3) is 12.6. The predicted molar refractivity (Wildman–Crippen MR) is 85.0 cm³/mol. The van der Waals surface area contributed by atoms with Crippen LogP contribution in [0.1, 0.15) is 49.5 Å². The van der Waals surface area contributed by atoms with Crippen LogP contribution in [0.5, 0.6) is 0 Å². The van der Waals surface area contributed by atoms with Crippen molar-refractivity contribution in [3.63, 3.8) is 0 Å². The summed E-state index contributed by atoms with van der Waals surface area (Å²) < 4.78 is 0. The van der Waals surface area contributed by atoms with Crippen LogP contribution in [0.3, 0.4) is 0 Å². The number of nitrogens with zero attached hydrogens (tertiary/aromatic N) is 1. The molecule has 0 saturated carbocycles. The van der Waals surface area contributed by atoms with Crippen molar-refractivity contribution in [2.75, 3.05) is 6.54 Å². The molecule has 1 rings (SSSR count). The molecule has 1 aromatic carbocycles. The zero-order valence-corrected chi connectivity index (χ0v) is 13.5. The highest BCUT2D eigenvalue weighted by Gasteiger charge is 2.06. The number of hydrogen-bond acceptors (Lipinski definition) is 4. The van der Waals surface area contributed by atoms with Gasteiger partial charge in [-0.1, -0.05) is 20.8 Å². The van der Waals surface area contributed by atoms with Crippen molar-refractivity contribution in [1.29, 1.82) is 5.26 Å². The largest absolute Gasteiger partial charge is 0.481 e. The summed E-state index contributed by atoms with van der Waals surface area (Å²) in [6.07, 6.45) is 1.02. The van der Waals surface area contributed by atoms with Gasteiger partial charge in [-0.15, -0.1) is 0 Å². The van der Waals surface area contributed by atoms with Crippen molar-refractivity contribution in [3.8, 4) is 6.07 Å². The van der Waals surface area contributed by atoms with Crippen molar-refractivity contribution in [2.45, 2.75) is 33.6 Å². The molecule has 0 aromatic heterocycles. The molecule has 0 spiro atoms. The maximum atomic E-state index is 11.3. The second-order valence-corrected chi connectivity index (χ2v) is 3.91. The summed E-state index contributed by atoms with van der Waals surface area (Å²) in [4.78, 5) is 31.1. The second-order valence-electron chi connectivity index (χ2n) is 3.91. The Morgan fingerprint density at radius 1 is 1.09 bits per heavy atom. The van der Waals surface area contributed by atoms with E-state index in [1.54, 1.807) is 0 Å². The second kappa shape index (κ2) is 14.1. The van der Waals surface area contributed by atoms with Crippen LogP contribution in [-0.4, -0.2) is 34.6 Å². The first-order chi connectivity index (χ1) is 10.9. The van der Waals surface area contributed by atoms with Crippen molar-refractivity contribution >= 4 is 17.8 Å². The number of rotatable bonds is 5. The Morgan fingerprint density at radius 3 is 1.91 bits per heavy atom. The number of nitriles is 1. The Morgan fingerprint density at radius 2 is 1.61 bits per heavy atom. The lowest BCUT2D eigenvalue weighted by atomic mass is 10.1. The van der Waals surface area contributed by atoms with Gasteiger partial charge < -0.3 is 15.5 Å². The monoisotopic (exact) mass is 322 g/mol. The van der Waals surface area contributed by atoms with Gasteiger partial charge in [-0.3, -0.25) is 14.4 Å². The third-order valence-electron chi connectivity index (χ3n) is 2.14. The van der Waals surface area contributed by atoms with E-state index in [9.17, 15) is 14.4 Å². The van der Waals surface area contributed by atoms with Gasteiger partial charge in [0.2, 0.25) is 0 Å². The fourth-order valence-electron chi connectivity index (χ4n) is 1.17. The lowest BCUT2D eigenvalue weighted by Crippen LogP contribution is -2.29. The van der Waals surface area contributed by atoms with Crippen molar-refractivity contribution < 1.29 is 24.6 Å². The van der Waals surface area contributed by atoms with Gasteiger partial charge in [-0.25, -0.2) is 0 Å². The lowest BCUT2D eigenvalue weighted by Gasteiger charge is -2.01. The molecule has 126 valence electrons. The van der Waals surface area contributed by atoms with Gasteiger partial charge in [0.15, 0.2) is 0 Å². The number of amides is 1. The highest BCUT2D eigenvalue weighted by atomic mass is 16.4. The van der Waals surface area contributed by atoms with Gasteiger partial charge in [-0.05, 0) is 30.7 Å². The summed E-state index contributed by atoms with van der Waals surface area (Å²) in [5, 5.41) is 27.0. The summed E-state index contributed by atoms with van der Waals surface area (Å²) in [6.45, 7) is 5.42. The van der Waals surface area contributed by atoms with Gasteiger partial charge in [0.05, 0.1) is 11.6 Å². The van der Waals surface area contributed by atoms with E-state index in [4.69, 9.17) is 15.5 Å². The molecular formula is C16H22N2O5.